The van der Waals surface area contributed by atoms with E-state index in [1.54, 1.807) is 36.4 Å². The molecule has 2 N–H and O–H groups in total. The van der Waals surface area contributed by atoms with Crippen LogP contribution in [0.1, 0.15) is 17.3 Å². The summed E-state index contributed by atoms with van der Waals surface area (Å²) in [6.07, 6.45) is 0. The highest BCUT2D eigenvalue weighted by molar-refractivity contribution is 6.35. The van der Waals surface area contributed by atoms with Gasteiger partial charge in [0.05, 0.1) is 10.7 Å². The average molecular weight is 395 g/mol. The fourth-order valence-electron chi connectivity index (χ4n) is 1.97. The van der Waals surface area contributed by atoms with Gasteiger partial charge in [-0.05, 0) is 37.3 Å². The summed E-state index contributed by atoms with van der Waals surface area (Å²) >= 11 is 11.8. The number of anilines is 1. The van der Waals surface area contributed by atoms with E-state index in [0.29, 0.717) is 21.3 Å². The van der Waals surface area contributed by atoms with Gasteiger partial charge in [0, 0.05) is 10.6 Å². The summed E-state index contributed by atoms with van der Waals surface area (Å²) < 4.78 is 4.90. The van der Waals surface area contributed by atoms with Crippen molar-refractivity contribution in [3.63, 3.8) is 0 Å². The highest BCUT2D eigenvalue weighted by Gasteiger charge is 2.19. The minimum Gasteiger partial charge on any atom is -0.454 e. The third-order valence-corrected chi connectivity index (χ3v) is 3.85. The maximum atomic E-state index is 12.0. The number of rotatable bonds is 6. The molecule has 0 heterocycles. The van der Waals surface area contributed by atoms with Crippen molar-refractivity contribution in [3.05, 3.63) is 64.1 Å². The van der Waals surface area contributed by atoms with E-state index in [4.69, 9.17) is 27.9 Å². The van der Waals surface area contributed by atoms with E-state index < -0.39 is 30.4 Å². The lowest BCUT2D eigenvalue weighted by atomic mass is 10.2. The number of hydrogen-bond acceptors (Lipinski definition) is 4. The zero-order valence-corrected chi connectivity index (χ0v) is 15.3. The minimum absolute atomic E-state index is 0.303. The molecule has 0 spiro atoms. The summed E-state index contributed by atoms with van der Waals surface area (Å²) in [7, 11) is 0. The Morgan fingerprint density at radius 2 is 1.77 bits per heavy atom. The molecular formula is C18H16Cl2N2O4. The van der Waals surface area contributed by atoms with Crippen LogP contribution in [0.25, 0.3) is 0 Å². The van der Waals surface area contributed by atoms with Gasteiger partial charge >= 0.3 is 5.97 Å². The fourth-order valence-corrected chi connectivity index (χ4v) is 2.31. The van der Waals surface area contributed by atoms with Crippen LogP contribution in [-0.2, 0) is 14.3 Å². The van der Waals surface area contributed by atoms with Crippen molar-refractivity contribution in [1.29, 1.82) is 0 Å². The Bertz CT molecular complexity index is 812. The standard InChI is InChI=1S/C18H16Cl2N2O4/c1-11(21-17(24)12-5-3-2-4-6-12)18(25)26-10-16(23)22-15-9-13(19)7-8-14(15)20/h2-9,11H,10H2,1H3,(H,21,24)(H,22,23)/t11-/m0/s1. The molecule has 1 atom stereocenters. The van der Waals surface area contributed by atoms with E-state index in [2.05, 4.69) is 10.6 Å². The van der Waals surface area contributed by atoms with Gasteiger partial charge in [0.25, 0.3) is 11.8 Å². The molecular weight excluding hydrogens is 379 g/mol. The summed E-state index contributed by atoms with van der Waals surface area (Å²) in [5.41, 5.74) is 0.728. The maximum absolute atomic E-state index is 12.0. The molecule has 0 aliphatic carbocycles. The van der Waals surface area contributed by atoms with Crippen molar-refractivity contribution >= 4 is 46.7 Å². The van der Waals surface area contributed by atoms with Gasteiger partial charge in [-0.2, -0.15) is 0 Å². The number of ether oxygens (including phenoxy) is 1. The molecule has 6 nitrogen and oxygen atoms in total. The number of carbonyl (C=O) groups excluding carboxylic acids is 3. The van der Waals surface area contributed by atoms with E-state index in [1.165, 1.54) is 19.1 Å². The molecule has 0 saturated heterocycles. The second-order valence-corrected chi connectivity index (χ2v) is 6.18. The number of amides is 2. The van der Waals surface area contributed by atoms with Gasteiger partial charge in [-0.3, -0.25) is 9.59 Å². The molecule has 136 valence electrons. The molecule has 0 saturated carbocycles. The summed E-state index contributed by atoms with van der Waals surface area (Å²) in [6.45, 7) is 0.947. The van der Waals surface area contributed by atoms with E-state index >= 15 is 0 Å². The molecule has 2 amide bonds. The van der Waals surface area contributed by atoms with Crippen LogP contribution in [0.4, 0.5) is 5.69 Å². The van der Waals surface area contributed by atoms with Crippen molar-refractivity contribution in [1.82, 2.24) is 5.32 Å². The van der Waals surface area contributed by atoms with Crippen LogP contribution in [-0.4, -0.2) is 30.4 Å². The van der Waals surface area contributed by atoms with Gasteiger partial charge in [-0.25, -0.2) is 4.79 Å². The molecule has 2 aromatic rings. The molecule has 0 bridgehead atoms. The van der Waals surface area contributed by atoms with Crippen LogP contribution in [0.15, 0.2) is 48.5 Å². The van der Waals surface area contributed by atoms with Crippen LogP contribution in [0.2, 0.25) is 10.0 Å². The Morgan fingerprint density at radius 3 is 2.46 bits per heavy atom. The van der Waals surface area contributed by atoms with Crippen LogP contribution < -0.4 is 10.6 Å². The first kappa shape index (κ1) is 19.8. The third-order valence-electron chi connectivity index (χ3n) is 3.29. The summed E-state index contributed by atoms with van der Waals surface area (Å²) in [4.78, 5) is 35.8. The van der Waals surface area contributed by atoms with Gasteiger partial charge in [0.1, 0.15) is 6.04 Å². The lowest BCUT2D eigenvalue weighted by Gasteiger charge is -2.13. The Labute approximate surface area is 160 Å². The summed E-state index contributed by atoms with van der Waals surface area (Å²) in [6, 6.07) is 12.1. The second-order valence-electron chi connectivity index (χ2n) is 5.34. The number of nitrogens with one attached hydrogen (secondary N) is 2. The first-order valence-corrected chi connectivity index (χ1v) is 8.40. The van der Waals surface area contributed by atoms with Gasteiger partial charge in [0.2, 0.25) is 0 Å². The molecule has 2 aromatic carbocycles. The molecule has 8 heteroatoms. The molecule has 0 aliphatic heterocycles. The van der Waals surface area contributed by atoms with Crippen molar-refractivity contribution in [2.24, 2.45) is 0 Å². The predicted octanol–water partition coefficient (Wildman–Crippen LogP) is 3.29. The van der Waals surface area contributed by atoms with Crippen molar-refractivity contribution in [2.45, 2.75) is 13.0 Å². The SMILES string of the molecule is C[C@H](NC(=O)c1ccccc1)C(=O)OCC(=O)Nc1cc(Cl)ccc1Cl. The predicted molar refractivity (Wildman–Crippen MR) is 99.4 cm³/mol. The number of esters is 1. The summed E-state index contributed by atoms with van der Waals surface area (Å²) in [5.74, 6) is -1.73. The van der Waals surface area contributed by atoms with Crippen LogP contribution in [0.5, 0.6) is 0 Å². The lowest BCUT2D eigenvalue weighted by Crippen LogP contribution is -2.40. The Kier molecular flexibility index (Phi) is 7.00. The average Bonchev–Trinajstić information content (AvgIpc) is 2.63. The quantitative estimate of drug-likeness (QED) is 0.736. The Morgan fingerprint density at radius 1 is 1.08 bits per heavy atom. The van der Waals surface area contributed by atoms with Crippen molar-refractivity contribution in [2.75, 3.05) is 11.9 Å². The Balaban J connectivity index is 1.82. The van der Waals surface area contributed by atoms with E-state index in [1.807, 2.05) is 0 Å². The topological polar surface area (TPSA) is 84.5 Å². The molecule has 2 rings (SSSR count). The van der Waals surface area contributed by atoms with Gasteiger partial charge in [-0.15, -0.1) is 0 Å². The molecule has 0 unspecified atom stereocenters. The monoisotopic (exact) mass is 394 g/mol. The van der Waals surface area contributed by atoms with Crippen LogP contribution >= 0.6 is 23.2 Å². The highest BCUT2D eigenvalue weighted by Crippen LogP contribution is 2.25. The first-order valence-electron chi connectivity index (χ1n) is 7.64. The van der Waals surface area contributed by atoms with Crippen LogP contribution in [0, 0.1) is 0 Å². The van der Waals surface area contributed by atoms with Crippen molar-refractivity contribution < 1.29 is 19.1 Å². The largest absolute Gasteiger partial charge is 0.454 e. The molecule has 0 aromatic heterocycles. The number of benzene rings is 2. The van der Waals surface area contributed by atoms with E-state index in [9.17, 15) is 14.4 Å². The van der Waals surface area contributed by atoms with Crippen LogP contribution in [0.3, 0.4) is 0 Å². The van der Waals surface area contributed by atoms with Gasteiger partial charge in [0.15, 0.2) is 6.61 Å². The fraction of sp³-hybridized carbons (Fsp3) is 0.167. The minimum atomic E-state index is -0.912. The number of halogens is 2. The molecule has 0 aliphatic rings. The van der Waals surface area contributed by atoms with Gasteiger partial charge < -0.3 is 15.4 Å². The number of carbonyl (C=O) groups is 3. The van der Waals surface area contributed by atoms with Gasteiger partial charge in [-0.1, -0.05) is 41.4 Å². The zero-order chi connectivity index (χ0) is 19.1. The van der Waals surface area contributed by atoms with E-state index in [0.717, 1.165) is 0 Å². The smallest absolute Gasteiger partial charge is 0.328 e. The lowest BCUT2D eigenvalue weighted by molar-refractivity contribution is -0.148. The van der Waals surface area contributed by atoms with E-state index in [-0.39, 0.29) is 0 Å². The molecule has 0 radical (unpaired) electrons. The third kappa shape index (κ3) is 5.75. The zero-order valence-electron chi connectivity index (χ0n) is 13.8. The maximum Gasteiger partial charge on any atom is 0.328 e. The summed E-state index contributed by atoms with van der Waals surface area (Å²) in [5, 5.41) is 5.70. The molecule has 0 fully saturated rings. The first-order chi connectivity index (χ1) is 12.4. The van der Waals surface area contributed by atoms with Crippen molar-refractivity contribution in [3.8, 4) is 0 Å². The highest BCUT2D eigenvalue weighted by atomic mass is 35.5. The normalized spacial score (nSPS) is 11.3. The Hall–Kier alpha value is -2.57. The second kappa shape index (κ2) is 9.22. The number of hydrogen-bond donors (Lipinski definition) is 2. The molecule has 26 heavy (non-hydrogen) atoms.